The molecular formula is C22H23N3O3. The van der Waals surface area contributed by atoms with Crippen LogP contribution in [0.5, 0.6) is 11.5 Å². The van der Waals surface area contributed by atoms with E-state index in [1.807, 2.05) is 60.3 Å². The molecule has 1 heterocycles. The fraction of sp³-hybridized carbons (Fsp3) is 0.182. The molecule has 2 aromatic carbocycles. The number of amides is 1. The van der Waals surface area contributed by atoms with Gasteiger partial charge in [0.05, 0.1) is 14.2 Å². The van der Waals surface area contributed by atoms with Gasteiger partial charge in [-0.2, -0.15) is 0 Å². The molecule has 0 spiro atoms. The molecule has 0 aliphatic rings. The van der Waals surface area contributed by atoms with Crippen molar-refractivity contribution in [2.45, 2.75) is 6.04 Å². The van der Waals surface area contributed by atoms with E-state index < -0.39 is 0 Å². The second kappa shape index (κ2) is 8.90. The highest BCUT2D eigenvalue weighted by Gasteiger charge is 2.19. The molecule has 1 aromatic heterocycles. The summed E-state index contributed by atoms with van der Waals surface area (Å²) in [7, 11) is 5.08. The van der Waals surface area contributed by atoms with Gasteiger partial charge in [-0.15, -0.1) is 0 Å². The van der Waals surface area contributed by atoms with Gasteiger partial charge in [0.2, 0.25) is 5.91 Å². The number of rotatable bonds is 7. The first kappa shape index (κ1) is 19.2. The van der Waals surface area contributed by atoms with Gasteiger partial charge in [0.25, 0.3) is 0 Å². The smallest absolute Gasteiger partial charge is 0.244 e. The van der Waals surface area contributed by atoms with Crippen LogP contribution in [0, 0.1) is 0 Å². The average Bonchev–Trinajstić information content (AvgIpc) is 3.16. The summed E-state index contributed by atoms with van der Waals surface area (Å²) >= 11 is 0. The normalized spacial score (nSPS) is 12.0. The van der Waals surface area contributed by atoms with Crippen molar-refractivity contribution >= 4 is 12.0 Å². The molecule has 3 rings (SSSR count). The third-order valence-electron chi connectivity index (χ3n) is 4.39. The number of carbonyl (C=O) groups is 1. The van der Waals surface area contributed by atoms with Crippen LogP contribution < -0.4 is 14.8 Å². The number of nitrogens with zero attached hydrogens (tertiary/aromatic N) is 2. The Balaban J connectivity index is 1.81. The molecule has 1 atom stereocenters. The molecule has 3 aromatic rings. The topological polar surface area (TPSA) is 65.4 Å². The maximum absolute atomic E-state index is 12.6. The van der Waals surface area contributed by atoms with Crippen molar-refractivity contribution in [1.82, 2.24) is 14.9 Å². The van der Waals surface area contributed by atoms with Gasteiger partial charge in [0.15, 0.2) is 0 Å². The van der Waals surface area contributed by atoms with Gasteiger partial charge in [0, 0.05) is 37.1 Å². The van der Waals surface area contributed by atoms with Gasteiger partial charge in [-0.05, 0) is 23.8 Å². The molecule has 6 heteroatoms. The summed E-state index contributed by atoms with van der Waals surface area (Å²) in [6, 6.07) is 14.8. The molecule has 0 fully saturated rings. The van der Waals surface area contributed by atoms with Crippen LogP contribution in [0.3, 0.4) is 0 Å². The third kappa shape index (κ3) is 4.40. The summed E-state index contributed by atoms with van der Waals surface area (Å²) in [6.07, 6.45) is 6.78. The van der Waals surface area contributed by atoms with E-state index in [2.05, 4.69) is 10.3 Å². The zero-order valence-electron chi connectivity index (χ0n) is 16.1. The zero-order chi connectivity index (χ0) is 19.9. The van der Waals surface area contributed by atoms with E-state index in [9.17, 15) is 4.79 Å². The molecule has 1 amide bonds. The van der Waals surface area contributed by atoms with E-state index in [1.165, 1.54) is 6.08 Å². The van der Waals surface area contributed by atoms with Crippen LogP contribution in [0.1, 0.15) is 23.0 Å². The Labute approximate surface area is 164 Å². The number of hydrogen-bond donors (Lipinski definition) is 1. The maximum atomic E-state index is 12.6. The lowest BCUT2D eigenvalue weighted by Gasteiger charge is -2.18. The van der Waals surface area contributed by atoms with E-state index in [1.54, 1.807) is 32.6 Å². The van der Waals surface area contributed by atoms with Crippen LogP contribution in [-0.4, -0.2) is 29.7 Å². The Hall–Kier alpha value is -3.54. The fourth-order valence-corrected chi connectivity index (χ4v) is 2.91. The van der Waals surface area contributed by atoms with Gasteiger partial charge >= 0.3 is 0 Å². The number of benzene rings is 2. The van der Waals surface area contributed by atoms with Crippen LogP contribution in [0.4, 0.5) is 0 Å². The third-order valence-corrected chi connectivity index (χ3v) is 4.39. The van der Waals surface area contributed by atoms with Crippen molar-refractivity contribution in [2.75, 3.05) is 14.2 Å². The lowest BCUT2D eigenvalue weighted by molar-refractivity contribution is -0.117. The summed E-state index contributed by atoms with van der Waals surface area (Å²) in [6.45, 7) is 0. The molecule has 0 saturated heterocycles. The predicted octanol–water partition coefficient (Wildman–Crippen LogP) is 3.36. The largest absolute Gasteiger partial charge is 0.497 e. The monoisotopic (exact) mass is 377 g/mol. The second-order valence-electron chi connectivity index (χ2n) is 6.19. The number of nitrogens with one attached hydrogen (secondary N) is 1. The van der Waals surface area contributed by atoms with Crippen molar-refractivity contribution in [1.29, 1.82) is 0 Å². The maximum Gasteiger partial charge on any atom is 0.244 e. The minimum atomic E-state index is -0.351. The Kier molecular flexibility index (Phi) is 6.11. The van der Waals surface area contributed by atoms with E-state index in [0.29, 0.717) is 11.5 Å². The van der Waals surface area contributed by atoms with Gasteiger partial charge in [-0.3, -0.25) is 4.79 Å². The molecule has 28 heavy (non-hydrogen) atoms. The Morgan fingerprint density at radius 2 is 1.93 bits per heavy atom. The van der Waals surface area contributed by atoms with Crippen molar-refractivity contribution < 1.29 is 14.3 Å². The van der Waals surface area contributed by atoms with Gasteiger partial charge in [-0.1, -0.05) is 30.3 Å². The van der Waals surface area contributed by atoms with Crippen LogP contribution in [0.15, 0.2) is 67.0 Å². The number of carbonyl (C=O) groups excluding carboxylic acids is 1. The first-order chi connectivity index (χ1) is 13.6. The summed E-state index contributed by atoms with van der Waals surface area (Å²) < 4.78 is 12.5. The van der Waals surface area contributed by atoms with Crippen LogP contribution in [0.2, 0.25) is 0 Å². The van der Waals surface area contributed by atoms with E-state index in [-0.39, 0.29) is 11.9 Å². The number of aryl methyl sites for hydroxylation is 1. The van der Waals surface area contributed by atoms with Crippen molar-refractivity contribution in [2.24, 2.45) is 7.05 Å². The van der Waals surface area contributed by atoms with Gasteiger partial charge in [0.1, 0.15) is 23.4 Å². The van der Waals surface area contributed by atoms with Crippen molar-refractivity contribution in [3.05, 3.63) is 84.0 Å². The molecule has 0 aliphatic carbocycles. The van der Waals surface area contributed by atoms with E-state index in [0.717, 1.165) is 17.0 Å². The first-order valence-corrected chi connectivity index (χ1v) is 8.85. The van der Waals surface area contributed by atoms with E-state index in [4.69, 9.17) is 9.47 Å². The SMILES string of the molecule is COc1ccc(/C=C/C(=O)NC(c2ccccc2)c2nccn2C)c(OC)c1. The lowest BCUT2D eigenvalue weighted by Crippen LogP contribution is -2.29. The summed E-state index contributed by atoms with van der Waals surface area (Å²) in [4.78, 5) is 17.0. The van der Waals surface area contributed by atoms with E-state index >= 15 is 0 Å². The molecular weight excluding hydrogens is 354 g/mol. The lowest BCUT2D eigenvalue weighted by atomic mass is 10.1. The number of aromatic nitrogens is 2. The highest BCUT2D eigenvalue weighted by molar-refractivity contribution is 5.92. The molecule has 0 saturated carbocycles. The molecule has 0 radical (unpaired) electrons. The van der Waals surface area contributed by atoms with Crippen LogP contribution in [-0.2, 0) is 11.8 Å². The standard InChI is InChI=1S/C22H23N3O3/c1-25-14-13-23-22(25)21(17-7-5-4-6-8-17)24-20(26)12-10-16-9-11-18(27-2)15-19(16)28-3/h4-15,21H,1-3H3,(H,24,26)/b12-10+. The van der Waals surface area contributed by atoms with Crippen molar-refractivity contribution in [3.8, 4) is 11.5 Å². The number of methoxy groups -OCH3 is 2. The quantitative estimate of drug-likeness (QED) is 0.641. The summed E-state index contributed by atoms with van der Waals surface area (Å²) in [5.41, 5.74) is 1.74. The first-order valence-electron chi connectivity index (χ1n) is 8.85. The zero-order valence-corrected chi connectivity index (χ0v) is 16.1. The highest BCUT2D eigenvalue weighted by atomic mass is 16.5. The van der Waals surface area contributed by atoms with Gasteiger partial charge in [-0.25, -0.2) is 4.98 Å². The molecule has 6 nitrogen and oxygen atoms in total. The number of hydrogen-bond acceptors (Lipinski definition) is 4. The molecule has 1 N–H and O–H groups in total. The summed E-state index contributed by atoms with van der Waals surface area (Å²) in [5, 5.41) is 3.03. The van der Waals surface area contributed by atoms with Crippen molar-refractivity contribution in [3.63, 3.8) is 0 Å². The highest BCUT2D eigenvalue weighted by Crippen LogP contribution is 2.26. The molecule has 144 valence electrons. The predicted molar refractivity (Wildman–Crippen MR) is 108 cm³/mol. The van der Waals surface area contributed by atoms with Gasteiger partial charge < -0.3 is 19.4 Å². The Morgan fingerprint density at radius 1 is 1.14 bits per heavy atom. The number of imidazole rings is 1. The molecule has 1 unspecified atom stereocenters. The summed E-state index contributed by atoms with van der Waals surface area (Å²) in [5.74, 6) is 1.86. The number of ether oxygens (including phenoxy) is 2. The minimum Gasteiger partial charge on any atom is -0.497 e. The van der Waals surface area contributed by atoms with Crippen LogP contribution in [0.25, 0.3) is 6.08 Å². The fourth-order valence-electron chi connectivity index (χ4n) is 2.91. The molecule has 0 bridgehead atoms. The minimum absolute atomic E-state index is 0.227. The van der Waals surface area contributed by atoms with Crippen LogP contribution >= 0.6 is 0 Å². The Morgan fingerprint density at radius 3 is 2.57 bits per heavy atom. The average molecular weight is 377 g/mol. The second-order valence-corrected chi connectivity index (χ2v) is 6.19. The Bertz CT molecular complexity index is 964. The molecule has 0 aliphatic heterocycles.